The summed E-state index contributed by atoms with van der Waals surface area (Å²) in [6.45, 7) is 5.07. The van der Waals surface area contributed by atoms with Gasteiger partial charge < -0.3 is 5.11 Å². The molecule has 23 heavy (non-hydrogen) atoms. The van der Waals surface area contributed by atoms with Crippen LogP contribution in [0.2, 0.25) is 0 Å². The molecule has 2 atom stereocenters. The fraction of sp³-hybridized carbons (Fsp3) is 0.471. The summed E-state index contributed by atoms with van der Waals surface area (Å²) in [5, 5.41) is 14.3. The zero-order valence-electron chi connectivity index (χ0n) is 13.3. The Labute approximate surface area is 134 Å². The van der Waals surface area contributed by atoms with Crippen LogP contribution in [0.3, 0.4) is 0 Å². The third kappa shape index (κ3) is 3.43. The Hall–Kier alpha value is -1.79. The molecule has 4 nitrogen and oxygen atoms in total. The van der Waals surface area contributed by atoms with E-state index in [9.17, 15) is 13.9 Å². The number of halogens is 2. The molecule has 1 aliphatic rings. The van der Waals surface area contributed by atoms with Gasteiger partial charge in [-0.2, -0.15) is 5.10 Å². The second kappa shape index (κ2) is 6.37. The molecule has 0 amide bonds. The lowest BCUT2D eigenvalue weighted by Crippen LogP contribution is -2.24. The first-order chi connectivity index (χ1) is 10.9. The number of aromatic nitrogens is 2. The predicted molar refractivity (Wildman–Crippen MR) is 82.7 cm³/mol. The van der Waals surface area contributed by atoms with Gasteiger partial charge in [0.25, 0.3) is 0 Å². The van der Waals surface area contributed by atoms with Gasteiger partial charge in [-0.1, -0.05) is 0 Å². The maximum absolute atomic E-state index is 14.1. The van der Waals surface area contributed by atoms with Crippen LogP contribution in [0, 0.1) is 11.6 Å². The number of nitrogens with zero attached hydrogens (tertiary/aromatic N) is 3. The molecule has 1 fully saturated rings. The Morgan fingerprint density at radius 2 is 2.13 bits per heavy atom. The van der Waals surface area contributed by atoms with Crippen LogP contribution in [0.5, 0.6) is 0 Å². The molecule has 124 valence electrons. The van der Waals surface area contributed by atoms with E-state index in [0.717, 1.165) is 17.7 Å². The van der Waals surface area contributed by atoms with Gasteiger partial charge in [0.2, 0.25) is 0 Å². The van der Waals surface area contributed by atoms with Crippen molar-refractivity contribution < 1.29 is 13.9 Å². The molecule has 2 heterocycles. The third-order valence-corrected chi connectivity index (χ3v) is 4.27. The normalized spacial score (nSPS) is 22.2. The lowest BCUT2D eigenvalue weighted by atomic mass is 10.0. The van der Waals surface area contributed by atoms with Gasteiger partial charge in [-0.15, -0.1) is 0 Å². The zero-order chi connectivity index (χ0) is 16.6. The number of aliphatic hydroxyl groups is 1. The number of hydrogen-bond donors (Lipinski definition) is 1. The van der Waals surface area contributed by atoms with E-state index >= 15 is 0 Å². The molecule has 0 aliphatic carbocycles. The fourth-order valence-electron chi connectivity index (χ4n) is 3.12. The molecule has 0 unspecified atom stereocenters. The first kappa shape index (κ1) is 16.1. The number of likely N-dealkylation sites (tertiary alicyclic amines) is 1. The van der Waals surface area contributed by atoms with E-state index in [4.69, 9.17) is 0 Å². The van der Waals surface area contributed by atoms with Crippen LogP contribution in [0.1, 0.15) is 43.5 Å². The average molecular weight is 321 g/mol. The largest absolute Gasteiger partial charge is 0.392 e. The molecule has 1 aromatic carbocycles. The Kier molecular flexibility index (Phi) is 4.46. The highest BCUT2D eigenvalue weighted by Gasteiger charge is 2.34. The van der Waals surface area contributed by atoms with Crippen molar-refractivity contribution in [3.63, 3.8) is 0 Å². The molecule has 1 aromatic heterocycles. The Morgan fingerprint density at radius 3 is 2.83 bits per heavy atom. The summed E-state index contributed by atoms with van der Waals surface area (Å²) in [4.78, 5) is 1.98. The van der Waals surface area contributed by atoms with Crippen LogP contribution >= 0.6 is 0 Å². The quantitative estimate of drug-likeness (QED) is 0.941. The van der Waals surface area contributed by atoms with Crippen LogP contribution in [0.15, 0.2) is 30.6 Å². The lowest BCUT2D eigenvalue weighted by Gasteiger charge is -2.24. The number of hydrogen-bond acceptors (Lipinski definition) is 3. The smallest absolute Gasteiger partial charge is 0.128 e. The summed E-state index contributed by atoms with van der Waals surface area (Å²) >= 11 is 0. The Bertz CT molecular complexity index is 686. The summed E-state index contributed by atoms with van der Waals surface area (Å²) in [5.41, 5.74) is 1.30. The van der Waals surface area contributed by atoms with Crippen molar-refractivity contribution in [3.05, 3.63) is 53.4 Å². The van der Waals surface area contributed by atoms with Crippen molar-refractivity contribution in [2.24, 2.45) is 0 Å². The van der Waals surface area contributed by atoms with Crippen molar-refractivity contribution >= 4 is 0 Å². The van der Waals surface area contributed by atoms with Crippen LogP contribution in [-0.2, 0) is 6.54 Å². The minimum Gasteiger partial charge on any atom is -0.392 e. The molecule has 0 saturated carbocycles. The Morgan fingerprint density at radius 1 is 1.35 bits per heavy atom. The van der Waals surface area contributed by atoms with E-state index in [1.54, 1.807) is 6.20 Å². The second-order valence-corrected chi connectivity index (χ2v) is 6.42. The van der Waals surface area contributed by atoms with Gasteiger partial charge >= 0.3 is 0 Å². The summed E-state index contributed by atoms with van der Waals surface area (Å²) in [6, 6.07) is 3.42. The molecule has 3 rings (SSSR count). The molecule has 6 heteroatoms. The van der Waals surface area contributed by atoms with Crippen molar-refractivity contribution in [1.29, 1.82) is 0 Å². The number of β-amino-alcohol motifs (C(OH)–C–C–N with tert-alkyl or cyclic N) is 1. The summed E-state index contributed by atoms with van der Waals surface area (Å²) in [6.07, 6.45) is 3.60. The van der Waals surface area contributed by atoms with Gasteiger partial charge in [0.05, 0.1) is 12.3 Å². The minimum atomic E-state index is -0.539. The number of aliphatic hydroxyl groups excluding tert-OH is 1. The average Bonchev–Trinajstić information content (AvgIpc) is 3.09. The van der Waals surface area contributed by atoms with E-state index in [2.05, 4.69) is 5.10 Å². The molecule has 1 aliphatic heterocycles. The van der Waals surface area contributed by atoms with Crippen molar-refractivity contribution in [2.75, 3.05) is 6.54 Å². The van der Waals surface area contributed by atoms with E-state index in [-0.39, 0.29) is 12.1 Å². The molecular weight excluding hydrogens is 300 g/mol. The molecule has 2 aromatic rings. The van der Waals surface area contributed by atoms with E-state index < -0.39 is 17.7 Å². The van der Waals surface area contributed by atoms with Crippen molar-refractivity contribution in [2.45, 2.75) is 45.0 Å². The first-order valence-corrected chi connectivity index (χ1v) is 7.84. The van der Waals surface area contributed by atoms with E-state index in [1.807, 2.05) is 29.6 Å². The molecule has 0 spiro atoms. The van der Waals surface area contributed by atoms with Gasteiger partial charge in [-0.3, -0.25) is 9.58 Å². The summed E-state index contributed by atoms with van der Waals surface area (Å²) in [7, 11) is 0. The maximum Gasteiger partial charge on any atom is 0.128 e. The van der Waals surface area contributed by atoms with E-state index in [0.29, 0.717) is 25.1 Å². The highest BCUT2D eigenvalue weighted by Crippen LogP contribution is 2.35. The predicted octanol–water partition coefficient (Wildman–Crippen LogP) is 3.05. The van der Waals surface area contributed by atoms with Gasteiger partial charge in [-0.25, -0.2) is 8.78 Å². The number of rotatable bonds is 4. The highest BCUT2D eigenvalue weighted by atomic mass is 19.1. The van der Waals surface area contributed by atoms with Crippen LogP contribution in [0.25, 0.3) is 0 Å². The molecule has 0 bridgehead atoms. The fourth-order valence-corrected chi connectivity index (χ4v) is 3.12. The topological polar surface area (TPSA) is 41.3 Å². The monoisotopic (exact) mass is 321 g/mol. The molecule has 0 radical (unpaired) electrons. The molecule has 1 saturated heterocycles. The minimum absolute atomic E-state index is 0.268. The van der Waals surface area contributed by atoms with Gasteiger partial charge in [0.1, 0.15) is 11.6 Å². The standard InChI is InChI=1S/C17H21F2N3O/c1-11(2)22-9-12(7-20-22)8-21-10-14(23)6-17(21)15-5-13(18)3-4-16(15)19/h3-5,7,9,11,14,17,23H,6,8,10H2,1-2H3/t14-,17+/m0/s1. The Balaban J connectivity index is 1.83. The van der Waals surface area contributed by atoms with Crippen LogP contribution < -0.4 is 0 Å². The van der Waals surface area contributed by atoms with Gasteiger partial charge in [0.15, 0.2) is 0 Å². The second-order valence-electron chi connectivity index (χ2n) is 6.42. The van der Waals surface area contributed by atoms with Crippen LogP contribution in [-0.4, -0.2) is 32.4 Å². The third-order valence-electron chi connectivity index (χ3n) is 4.27. The first-order valence-electron chi connectivity index (χ1n) is 7.84. The van der Waals surface area contributed by atoms with Gasteiger partial charge in [0, 0.05) is 42.5 Å². The SMILES string of the molecule is CC(C)n1cc(CN2C[C@@H](O)C[C@@H]2c2cc(F)ccc2F)cn1. The zero-order valence-corrected chi connectivity index (χ0v) is 13.3. The van der Waals surface area contributed by atoms with Gasteiger partial charge in [-0.05, 0) is 38.5 Å². The molecule has 1 N–H and O–H groups in total. The maximum atomic E-state index is 14.1. The lowest BCUT2D eigenvalue weighted by molar-refractivity contribution is 0.172. The van der Waals surface area contributed by atoms with Crippen molar-refractivity contribution in [1.82, 2.24) is 14.7 Å². The van der Waals surface area contributed by atoms with Crippen LogP contribution in [0.4, 0.5) is 8.78 Å². The van der Waals surface area contributed by atoms with Crippen molar-refractivity contribution in [3.8, 4) is 0 Å². The highest BCUT2D eigenvalue weighted by molar-refractivity contribution is 5.24. The molecular formula is C17H21F2N3O. The summed E-state index contributed by atoms with van der Waals surface area (Å²) < 4.78 is 29.4. The summed E-state index contributed by atoms with van der Waals surface area (Å²) in [5.74, 6) is -0.899. The van der Waals surface area contributed by atoms with E-state index in [1.165, 1.54) is 6.07 Å². The number of benzene rings is 1.